The highest BCUT2D eigenvalue weighted by Crippen LogP contribution is 2.27. The first-order valence-corrected chi connectivity index (χ1v) is 8.32. The highest BCUT2D eigenvalue weighted by atomic mass is 32.2. The van der Waals surface area contributed by atoms with Gasteiger partial charge in [0.15, 0.2) is 0 Å². The highest BCUT2D eigenvalue weighted by Gasteiger charge is 2.21. The zero-order chi connectivity index (χ0) is 14.5. The highest BCUT2D eigenvalue weighted by molar-refractivity contribution is 7.98. The van der Waals surface area contributed by atoms with Crippen LogP contribution < -0.4 is 5.73 Å². The first kappa shape index (κ1) is 15.3. The minimum absolute atomic E-state index is 0.204. The van der Waals surface area contributed by atoms with E-state index in [0.29, 0.717) is 12.6 Å². The van der Waals surface area contributed by atoms with E-state index in [1.54, 1.807) is 0 Å². The van der Waals surface area contributed by atoms with Gasteiger partial charge in [0.1, 0.15) is 0 Å². The van der Waals surface area contributed by atoms with Gasteiger partial charge in [0.2, 0.25) is 0 Å². The van der Waals surface area contributed by atoms with E-state index in [9.17, 15) is 0 Å². The number of rotatable bonds is 6. The third-order valence-corrected chi connectivity index (χ3v) is 4.69. The number of aromatic nitrogens is 1. The third-order valence-electron chi connectivity index (χ3n) is 3.88. The first-order chi connectivity index (χ1) is 9.69. The van der Waals surface area contributed by atoms with Crippen LogP contribution in [0.3, 0.4) is 0 Å². The van der Waals surface area contributed by atoms with E-state index in [1.165, 1.54) is 16.3 Å². The topological polar surface area (TPSA) is 42.1 Å². The van der Waals surface area contributed by atoms with Crippen LogP contribution in [0.25, 0.3) is 10.8 Å². The van der Waals surface area contributed by atoms with Crippen LogP contribution in [0.1, 0.15) is 18.5 Å². The summed E-state index contributed by atoms with van der Waals surface area (Å²) in [6.45, 7) is 2.85. The zero-order valence-electron chi connectivity index (χ0n) is 12.4. The summed E-state index contributed by atoms with van der Waals surface area (Å²) in [4.78, 5) is 6.74. The van der Waals surface area contributed by atoms with Crippen molar-refractivity contribution in [3.8, 4) is 0 Å². The quantitative estimate of drug-likeness (QED) is 0.888. The molecule has 108 valence electrons. The number of thioether (sulfide) groups is 1. The predicted octanol–water partition coefficient (Wildman–Crippen LogP) is 2.92. The lowest BCUT2D eigenvalue weighted by molar-refractivity contribution is 0.205. The average molecular weight is 289 g/mol. The van der Waals surface area contributed by atoms with E-state index in [-0.39, 0.29) is 6.04 Å². The van der Waals surface area contributed by atoms with Crippen LogP contribution in [-0.2, 0) is 0 Å². The maximum absolute atomic E-state index is 6.05. The van der Waals surface area contributed by atoms with Gasteiger partial charge in [0.05, 0.1) is 0 Å². The fourth-order valence-corrected chi connectivity index (χ4v) is 3.30. The zero-order valence-corrected chi connectivity index (χ0v) is 13.2. The molecule has 1 aromatic carbocycles. The Bertz CT molecular complexity index is 553. The lowest BCUT2D eigenvalue weighted by Crippen LogP contribution is -2.38. The average Bonchev–Trinajstić information content (AvgIpc) is 2.48. The van der Waals surface area contributed by atoms with Gasteiger partial charge in [0, 0.05) is 42.2 Å². The van der Waals surface area contributed by atoms with Crippen LogP contribution in [0.15, 0.2) is 36.7 Å². The summed E-state index contributed by atoms with van der Waals surface area (Å²) in [5.41, 5.74) is 7.28. The second-order valence-electron chi connectivity index (χ2n) is 5.17. The number of nitrogens with two attached hydrogens (primary N) is 1. The first-order valence-electron chi connectivity index (χ1n) is 6.92. The van der Waals surface area contributed by atoms with Gasteiger partial charge in [-0.15, -0.1) is 0 Å². The second-order valence-corrected chi connectivity index (χ2v) is 6.08. The lowest BCUT2D eigenvalue weighted by Gasteiger charge is -2.33. The number of hydrogen-bond donors (Lipinski definition) is 1. The van der Waals surface area contributed by atoms with Crippen LogP contribution in [0.2, 0.25) is 0 Å². The van der Waals surface area contributed by atoms with Crippen molar-refractivity contribution in [2.75, 3.05) is 25.6 Å². The maximum Gasteiger partial charge on any atom is 0.0491 e. The molecule has 0 saturated carbocycles. The van der Waals surface area contributed by atoms with Crippen molar-refractivity contribution in [2.24, 2.45) is 5.73 Å². The summed E-state index contributed by atoms with van der Waals surface area (Å²) in [5.74, 6) is 1.10. The molecule has 0 aliphatic heterocycles. The molecule has 0 radical (unpaired) electrons. The Morgan fingerprint density at radius 2 is 2.05 bits per heavy atom. The summed E-state index contributed by atoms with van der Waals surface area (Å²) in [6, 6.07) is 9.07. The van der Waals surface area contributed by atoms with E-state index in [0.717, 1.165) is 5.75 Å². The summed E-state index contributed by atoms with van der Waals surface area (Å²) >= 11 is 1.87. The van der Waals surface area contributed by atoms with Crippen LogP contribution in [0.5, 0.6) is 0 Å². The molecule has 0 aliphatic carbocycles. The van der Waals surface area contributed by atoms with Crippen LogP contribution in [0.4, 0.5) is 0 Å². The third kappa shape index (κ3) is 3.14. The van der Waals surface area contributed by atoms with Gasteiger partial charge in [-0.2, -0.15) is 11.8 Å². The minimum Gasteiger partial charge on any atom is -0.329 e. The molecule has 0 bridgehead atoms. The van der Waals surface area contributed by atoms with E-state index in [2.05, 4.69) is 48.3 Å². The number of hydrogen-bond acceptors (Lipinski definition) is 4. The smallest absolute Gasteiger partial charge is 0.0491 e. The van der Waals surface area contributed by atoms with Crippen molar-refractivity contribution < 1.29 is 0 Å². The fourth-order valence-electron chi connectivity index (χ4n) is 2.58. The van der Waals surface area contributed by atoms with Gasteiger partial charge in [-0.25, -0.2) is 0 Å². The van der Waals surface area contributed by atoms with Gasteiger partial charge in [-0.05, 0) is 31.2 Å². The number of benzene rings is 1. The van der Waals surface area contributed by atoms with Crippen molar-refractivity contribution >= 4 is 22.5 Å². The molecule has 2 aromatic rings. The standard InChI is InChI=1S/C16H23N3S/c1-12(11-20-3)19(2)16(8-17)15-10-18-9-13-6-4-5-7-14(13)15/h4-7,9-10,12,16H,8,11,17H2,1-3H3. The number of fused-ring (bicyclic) bond motifs is 1. The molecule has 4 heteroatoms. The van der Waals surface area contributed by atoms with E-state index in [4.69, 9.17) is 5.73 Å². The van der Waals surface area contributed by atoms with E-state index < -0.39 is 0 Å². The molecule has 0 saturated heterocycles. The Balaban J connectivity index is 2.39. The maximum atomic E-state index is 6.05. The van der Waals surface area contributed by atoms with Crippen molar-refractivity contribution in [3.63, 3.8) is 0 Å². The molecular weight excluding hydrogens is 266 g/mol. The van der Waals surface area contributed by atoms with Crippen molar-refractivity contribution in [1.82, 2.24) is 9.88 Å². The molecule has 0 spiro atoms. The van der Waals surface area contributed by atoms with Gasteiger partial charge in [-0.3, -0.25) is 9.88 Å². The molecule has 2 N–H and O–H groups in total. The van der Waals surface area contributed by atoms with E-state index >= 15 is 0 Å². The molecule has 1 heterocycles. The van der Waals surface area contributed by atoms with Gasteiger partial charge < -0.3 is 5.73 Å². The molecule has 1 aromatic heterocycles. The van der Waals surface area contributed by atoms with Crippen molar-refractivity contribution in [1.29, 1.82) is 0 Å². The molecular formula is C16H23N3S. The summed E-state index contributed by atoms with van der Waals surface area (Å²) < 4.78 is 0. The molecule has 3 nitrogen and oxygen atoms in total. The molecule has 20 heavy (non-hydrogen) atoms. The van der Waals surface area contributed by atoms with Crippen LogP contribution >= 0.6 is 11.8 Å². The van der Waals surface area contributed by atoms with Crippen LogP contribution in [-0.4, -0.2) is 41.5 Å². The Hall–Kier alpha value is -1.10. The number of nitrogens with zero attached hydrogens (tertiary/aromatic N) is 2. The minimum atomic E-state index is 0.204. The van der Waals surface area contributed by atoms with Crippen LogP contribution in [0, 0.1) is 0 Å². The Kier molecular flexibility index (Phi) is 5.40. The number of likely N-dealkylation sites (N-methyl/N-ethyl adjacent to an activating group) is 1. The molecule has 0 amide bonds. The second kappa shape index (κ2) is 7.07. The SMILES string of the molecule is CSCC(C)N(C)C(CN)c1cncc2ccccc12. The number of pyridine rings is 1. The Labute approximate surface area is 125 Å². The predicted molar refractivity (Wildman–Crippen MR) is 89.1 cm³/mol. The Morgan fingerprint density at radius 1 is 1.30 bits per heavy atom. The van der Waals surface area contributed by atoms with Gasteiger partial charge in [-0.1, -0.05) is 24.3 Å². The molecule has 2 rings (SSSR count). The Morgan fingerprint density at radius 3 is 2.75 bits per heavy atom. The summed E-state index contributed by atoms with van der Waals surface area (Å²) in [6.07, 6.45) is 6.02. The monoisotopic (exact) mass is 289 g/mol. The molecule has 0 fully saturated rings. The summed E-state index contributed by atoms with van der Waals surface area (Å²) in [7, 11) is 2.15. The molecule has 2 unspecified atom stereocenters. The van der Waals surface area contributed by atoms with Crippen molar-refractivity contribution in [2.45, 2.75) is 19.0 Å². The summed E-state index contributed by atoms with van der Waals surface area (Å²) in [5, 5.41) is 2.43. The van der Waals surface area contributed by atoms with E-state index in [1.807, 2.05) is 30.2 Å². The lowest BCUT2D eigenvalue weighted by atomic mass is 10.00. The fraction of sp³-hybridized carbons (Fsp3) is 0.438. The largest absolute Gasteiger partial charge is 0.329 e. The van der Waals surface area contributed by atoms with Gasteiger partial charge >= 0.3 is 0 Å². The molecule has 2 atom stereocenters. The van der Waals surface area contributed by atoms with Gasteiger partial charge in [0.25, 0.3) is 0 Å². The molecule has 0 aliphatic rings. The van der Waals surface area contributed by atoms with Crippen molar-refractivity contribution in [3.05, 3.63) is 42.2 Å². The normalized spacial score (nSPS) is 14.7.